The Balaban J connectivity index is 1.88. The Morgan fingerprint density at radius 1 is 1.16 bits per heavy atom. The monoisotopic (exact) mass is 387 g/mol. The number of nitrogens with zero attached hydrogens (tertiary/aromatic N) is 1. The van der Waals surface area contributed by atoms with Crippen LogP contribution in [0.4, 0.5) is 5.69 Å². The van der Waals surface area contributed by atoms with Crippen LogP contribution in [-0.2, 0) is 4.79 Å². The SMILES string of the molecule is Cc1ccc(N2C(=O)/C(=C/c3ccc(C(C)C)cc3)SC2=S)cc1Cl. The smallest absolute Gasteiger partial charge is 0.268 e. The highest BCUT2D eigenvalue weighted by atomic mass is 35.5. The summed E-state index contributed by atoms with van der Waals surface area (Å²) in [7, 11) is 0. The maximum Gasteiger partial charge on any atom is 0.270 e. The minimum Gasteiger partial charge on any atom is -0.268 e. The Kier molecular flexibility index (Phi) is 5.32. The van der Waals surface area contributed by atoms with Crippen molar-refractivity contribution >= 4 is 57.6 Å². The average Bonchev–Trinajstić information content (AvgIpc) is 2.85. The molecule has 1 saturated heterocycles. The van der Waals surface area contributed by atoms with Gasteiger partial charge in [0.1, 0.15) is 0 Å². The summed E-state index contributed by atoms with van der Waals surface area (Å²) in [4.78, 5) is 15.0. The maximum atomic E-state index is 12.8. The van der Waals surface area contributed by atoms with Crippen LogP contribution in [0.2, 0.25) is 5.02 Å². The first-order valence-electron chi connectivity index (χ1n) is 8.01. The fraction of sp³-hybridized carbons (Fsp3) is 0.200. The number of hydrogen-bond acceptors (Lipinski definition) is 3. The topological polar surface area (TPSA) is 20.3 Å². The van der Waals surface area contributed by atoms with Crippen LogP contribution in [0.5, 0.6) is 0 Å². The lowest BCUT2D eigenvalue weighted by Gasteiger charge is -2.15. The van der Waals surface area contributed by atoms with Gasteiger partial charge in [-0.25, -0.2) is 0 Å². The van der Waals surface area contributed by atoms with Gasteiger partial charge < -0.3 is 0 Å². The van der Waals surface area contributed by atoms with Crippen molar-refractivity contribution < 1.29 is 4.79 Å². The summed E-state index contributed by atoms with van der Waals surface area (Å²) >= 11 is 12.9. The third-order valence-corrected chi connectivity index (χ3v) is 5.82. The highest BCUT2D eigenvalue weighted by Gasteiger charge is 2.33. The second-order valence-electron chi connectivity index (χ2n) is 6.27. The van der Waals surface area contributed by atoms with Gasteiger partial charge in [0.05, 0.1) is 10.6 Å². The summed E-state index contributed by atoms with van der Waals surface area (Å²) in [5, 5.41) is 0.625. The van der Waals surface area contributed by atoms with Gasteiger partial charge in [-0.1, -0.05) is 79.8 Å². The number of thioether (sulfide) groups is 1. The summed E-state index contributed by atoms with van der Waals surface area (Å²) in [6, 6.07) is 13.8. The molecule has 3 rings (SSSR count). The molecule has 1 heterocycles. The standard InChI is InChI=1S/C20H18ClNOS2/c1-12(2)15-7-5-14(6-8-15)10-18-19(23)22(20(24)25-18)16-9-4-13(3)17(21)11-16/h4-12H,1-3H3/b18-10-. The quantitative estimate of drug-likeness (QED) is 0.463. The zero-order valence-electron chi connectivity index (χ0n) is 14.2. The van der Waals surface area contributed by atoms with Crippen molar-refractivity contribution in [1.82, 2.24) is 0 Å². The van der Waals surface area contributed by atoms with Crippen molar-refractivity contribution in [2.45, 2.75) is 26.7 Å². The maximum absolute atomic E-state index is 12.8. The second-order valence-corrected chi connectivity index (χ2v) is 8.35. The van der Waals surface area contributed by atoms with Crippen molar-refractivity contribution in [2.75, 3.05) is 4.90 Å². The van der Waals surface area contributed by atoms with Gasteiger partial charge in [-0.05, 0) is 47.7 Å². The number of carbonyl (C=O) groups is 1. The van der Waals surface area contributed by atoms with Gasteiger partial charge in [-0.2, -0.15) is 0 Å². The van der Waals surface area contributed by atoms with Crippen molar-refractivity contribution in [2.24, 2.45) is 0 Å². The van der Waals surface area contributed by atoms with E-state index in [9.17, 15) is 4.79 Å². The Hall–Kier alpha value is -1.62. The molecule has 2 aromatic rings. The zero-order valence-corrected chi connectivity index (χ0v) is 16.6. The largest absolute Gasteiger partial charge is 0.270 e. The summed E-state index contributed by atoms with van der Waals surface area (Å²) in [6.07, 6.45) is 1.89. The summed E-state index contributed by atoms with van der Waals surface area (Å²) < 4.78 is 0.523. The number of hydrogen-bond donors (Lipinski definition) is 0. The third-order valence-electron chi connectivity index (χ3n) is 4.11. The Labute approximate surface area is 162 Å². The summed E-state index contributed by atoms with van der Waals surface area (Å²) in [5.41, 5.74) is 3.94. The van der Waals surface area contributed by atoms with Crippen molar-refractivity contribution in [1.29, 1.82) is 0 Å². The van der Waals surface area contributed by atoms with Crippen molar-refractivity contribution in [3.8, 4) is 0 Å². The molecule has 2 aromatic carbocycles. The molecule has 1 amide bonds. The van der Waals surface area contributed by atoms with Crippen LogP contribution in [0.25, 0.3) is 6.08 Å². The van der Waals surface area contributed by atoms with Crippen LogP contribution in [0.3, 0.4) is 0 Å². The number of carbonyl (C=O) groups excluding carboxylic acids is 1. The van der Waals surface area contributed by atoms with Crippen LogP contribution in [0, 0.1) is 6.92 Å². The molecule has 0 unspecified atom stereocenters. The molecule has 25 heavy (non-hydrogen) atoms. The molecule has 0 bridgehead atoms. The zero-order chi connectivity index (χ0) is 18.1. The number of benzene rings is 2. The number of rotatable bonds is 3. The van der Waals surface area contributed by atoms with E-state index < -0.39 is 0 Å². The molecule has 1 aliphatic heterocycles. The lowest BCUT2D eigenvalue weighted by molar-refractivity contribution is -0.113. The van der Waals surface area contributed by atoms with Gasteiger partial charge >= 0.3 is 0 Å². The number of thiocarbonyl (C=S) groups is 1. The molecule has 1 aliphatic rings. The molecule has 2 nitrogen and oxygen atoms in total. The Bertz CT molecular complexity index is 872. The van der Waals surface area contributed by atoms with Crippen LogP contribution in [0.1, 0.15) is 36.5 Å². The highest BCUT2D eigenvalue weighted by molar-refractivity contribution is 8.27. The van der Waals surface area contributed by atoms with Gasteiger partial charge in [0.15, 0.2) is 4.32 Å². The van der Waals surface area contributed by atoms with Crippen LogP contribution in [0.15, 0.2) is 47.4 Å². The summed E-state index contributed by atoms with van der Waals surface area (Å²) in [5.74, 6) is 0.376. The van der Waals surface area contributed by atoms with E-state index in [4.69, 9.17) is 23.8 Å². The van der Waals surface area contributed by atoms with E-state index in [0.717, 1.165) is 11.1 Å². The highest BCUT2D eigenvalue weighted by Crippen LogP contribution is 2.37. The van der Waals surface area contributed by atoms with Gasteiger partial charge in [0, 0.05) is 5.02 Å². The lowest BCUT2D eigenvalue weighted by Crippen LogP contribution is -2.27. The Morgan fingerprint density at radius 3 is 2.44 bits per heavy atom. The van der Waals surface area contributed by atoms with Gasteiger partial charge in [0.25, 0.3) is 5.91 Å². The minimum absolute atomic E-state index is 0.108. The fourth-order valence-corrected chi connectivity index (χ4v) is 4.01. The molecule has 0 aliphatic carbocycles. The van der Waals surface area contributed by atoms with E-state index in [0.29, 0.717) is 25.9 Å². The number of amides is 1. The first-order chi connectivity index (χ1) is 11.9. The van der Waals surface area contributed by atoms with Gasteiger partial charge in [-0.15, -0.1) is 0 Å². The first-order valence-corrected chi connectivity index (χ1v) is 9.61. The van der Waals surface area contributed by atoms with E-state index in [1.54, 1.807) is 11.0 Å². The van der Waals surface area contributed by atoms with E-state index in [2.05, 4.69) is 26.0 Å². The van der Waals surface area contributed by atoms with E-state index in [1.807, 2.05) is 37.3 Å². The molecule has 0 aromatic heterocycles. The average molecular weight is 388 g/mol. The number of anilines is 1. The molecule has 0 spiro atoms. The molecule has 0 atom stereocenters. The molecule has 5 heteroatoms. The van der Waals surface area contributed by atoms with Gasteiger partial charge in [0.2, 0.25) is 0 Å². The van der Waals surface area contributed by atoms with Crippen LogP contribution < -0.4 is 4.90 Å². The molecule has 0 radical (unpaired) electrons. The number of halogens is 1. The van der Waals surface area contributed by atoms with Crippen LogP contribution >= 0.6 is 35.6 Å². The van der Waals surface area contributed by atoms with Crippen molar-refractivity contribution in [3.63, 3.8) is 0 Å². The molecular formula is C20H18ClNOS2. The van der Waals surface area contributed by atoms with Crippen molar-refractivity contribution in [3.05, 3.63) is 69.1 Å². The lowest BCUT2D eigenvalue weighted by atomic mass is 10.0. The van der Waals surface area contributed by atoms with E-state index in [1.165, 1.54) is 17.3 Å². The second kappa shape index (κ2) is 7.32. The normalized spacial score (nSPS) is 16.4. The molecule has 128 valence electrons. The Morgan fingerprint density at radius 2 is 1.84 bits per heavy atom. The molecule has 0 saturated carbocycles. The number of aryl methyl sites for hydroxylation is 1. The van der Waals surface area contributed by atoms with E-state index in [-0.39, 0.29) is 5.91 Å². The van der Waals surface area contributed by atoms with E-state index >= 15 is 0 Å². The molecule has 1 fully saturated rings. The third kappa shape index (κ3) is 3.81. The summed E-state index contributed by atoms with van der Waals surface area (Å²) in [6.45, 7) is 6.25. The minimum atomic E-state index is -0.108. The predicted octanol–water partition coefficient (Wildman–Crippen LogP) is 6.18. The predicted molar refractivity (Wildman–Crippen MR) is 112 cm³/mol. The first kappa shape index (κ1) is 18.2. The fourth-order valence-electron chi connectivity index (χ4n) is 2.54. The molecular weight excluding hydrogens is 370 g/mol. The molecule has 0 N–H and O–H groups in total. The van der Waals surface area contributed by atoms with Crippen LogP contribution in [-0.4, -0.2) is 10.2 Å². The van der Waals surface area contributed by atoms with Gasteiger partial charge in [-0.3, -0.25) is 9.69 Å².